The highest BCUT2D eigenvalue weighted by atomic mass is 35.5. The molecule has 0 aliphatic carbocycles. The Kier molecular flexibility index (Phi) is 4.57. The fourth-order valence-corrected chi connectivity index (χ4v) is 4.35. The molecule has 6 nitrogen and oxygen atoms in total. The fraction of sp³-hybridized carbons (Fsp3) is 0.143. The van der Waals surface area contributed by atoms with Crippen LogP contribution in [0.5, 0.6) is 0 Å². The number of thiophene rings is 1. The van der Waals surface area contributed by atoms with Crippen molar-refractivity contribution in [1.29, 1.82) is 0 Å². The van der Waals surface area contributed by atoms with Gasteiger partial charge in [-0.15, -0.1) is 21.5 Å². The van der Waals surface area contributed by atoms with Gasteiger partial charge in [0.25, 0.3) is 10.0 Å². The van der Waals surface area contributed by atoms with Crippen LogP contribution in [0.15, 0.2) is 38.3 Å². The van der Waals surface area contributed by atoms with Gasteiger partial charge < -0.3 is 4.42 Å². The average Bonchev–Trinajstić information content (AvgIpc) is 3.18. The number of nitrogens with zero attached hydrogens (tertiary/aromatic N) is 2. The van der Waals surface area contributed by atoms with Crippen molar-refractivity contribution in [3.05, 3.63) is 46.4 Å². The summed E-state index contributed by atoms with van der Waals surface area (Å²) in [6, 6.07) is 4.84. The van der Waals surface area contributed by atoms with Crippen molar-refractivity contribution in [2.45, 2.75) is 17.6 Å². The van der Waals surface area contributed by atoms with Crippen LogP contribution in [0.2, 0.25) is 5.02 Å². The molecular weight excluding hydrogens is 377 g/mol. The zero-order valence-corrected chi connectivity index (χ0v) is 14.7. The minimum absolute atomic E-state index is 0.0279. The Morgan fingerprint density at radius 3 is 2.79 bits per heavy atom. The predicted octanol–water partition coefficient (Wildman–Crippen LogP) is 3.95. The van der Waals surface area contributed by atoms with Gasteiger partial charge in [0.2, 0.25) is 11.8 Å². The van der Waals surface area contributed by atoms with Crippen molar-refractivity contribution in [2.75, 3.05) is 4.72 Å². The number of benzene rings is 1. The molecule has 0 aliphatic heterocycles. The quantitative estimate of drug-likeness (QED) is 0.716. The van der Waals surface area contributed by atoms with Gasteiger partial charge in [-0.25, -0.2) is 12.8 Å². The van der Waals surface area contributed by atoms with Crippen LogP contribution in [0.1, 0.15) is 12.8 Å². The summed E-state index contributed by atoms with van der Waals surface area (Å²) in [6.45, 7) is 1.87. The van der Waals surface area contributed by atoms with Gasteiger partial charge in [0.1, 0.15) is 10.0 Å². The number of aryl methyl sites for hydroxylation is 1. The summed E-state index contributed by atoms with van der Waals surface area (Å²) in [5.41, 5.74) is 0.608. The van der Waals surface area contributed by atoms with Gasteiger partial charge in [0.05, 0.1) is 16.3 Å². The Bertz CT molecular complexity index is 985. The van der Waals surface area contributed by atoms with Crippen LogP contribution in [0.3, 0.4) is 0 Å². The molecule has 2 heterocycles. The highest BCUT2D eigenvalue weighted by Crippen LogP contribution is 2.31. The molecule has 3 rings (SSSR count). The van der Waals surface area contributed by atoms with Crippen LogP contribution in [0.4, 0.5) is 10.1 Å². The van der Waals surface area contributed by atoms with Crippen molar-refractivity contribution in [1.82, 2.24) is 10.2 Å². The molecule has 0 saturated heterocycles. The fourth-order valence-electron chi connectivity index (χ4n) is 1.85. The van der Waals surface area contributed by atoms with E-state index in [0.717, 1.165) is 23.5 Å². The van der Waals surface area contributed by atoms with Gasteiger partial charge >= 0.3 is 0 Å². The second kappa shape index (κ2) is 6.50. The van der Waals surface area contributed by atoms with Gasteiger partial charge in [-0.1, -0.05) is 18.5 Å². The number of anilines is 1. The summed E-state index contributed by atoms with van der Waals surface area (Å²) in [5, 5.41) is 9.29. The summed E-state index contributed by atoms with van der Waals surface area (Å²) >= 11 is 6.85. The van der Waals surface area contributed by atoms with E-state index in [0.29, 0.717) is 17.9 Å². The lowest BCUT2D eigenvalue weighted by Gasteiger charge is -2.07. The Balaban J connectivity index is 1.87. The number of rotatable bonds is 5. The summed E-state index contributed by atoms with van der Waals surface area (Å²) in [4.78, 5) is 0. The number of sulfonamides is 1. The molecule has 1 aromatic carbocycles. The third-order valence-electron chi connectivity index (χ3n) is 3.03. The van der Waals surface area contributed by atoms with E-state index in [1.54, 1.807) is 5.38 Å². The monoisotopic (exact) mass is 387 g/mol. The van der Waals surface area contributed by atoms with E-state index < -0.39 is 15.8 Å². The lowest BCUT2D eigenvalue weighted by Crippen LogP contribution is -2.11. The van der Waals surface area contributed by atoms with E-state index in [-0.39, 0.29) is 20.8 Å². The van der Waals surface area contributed by atoms with E-state index in [9.17, 15) is 12.8 Å². The SMILES string of the molecule is CCc1nnc(-c2csc(S(=O)(=O)Nc3ccc(F)cc3Cl)c2)o1. The number of halogens is 2. The van der Waals surface area contributed by atoms with Crippen molar-refractivity contribution in [3.63, 3.8) is 0 Å². The smallest absolute Gasteiger partial charge is 0.271 e. The Morgan fingerprint density at radius 2 is 2.12 bits per heavy atom. The van der Waals surface area contributed by atoms with Crippen LogP contribution in [0.25, 0.3) is 11.5 Å². The molecule has 0 amide bonds. The van der Waals surface area contributed by atoms with Crippen molar-refractivity contribution in [3.8, 4) is 11.5 Å². The van der Waals surface area contributed by atoms with E-state index in [1.807, 2.05) is 6.92 Å². The first-order chi connectivity index (χ1) is 11.4. The van der Waals surface area contributed by atoms with Gasteiger partial charge in [-0.05, 0) is 24.3 Å². The maximum Gasteiger partial charge on any atom is 0.271 e. The normalized spacial score (nSPS) is 11.6. The zero-order valence-electron chi connectivity index (χ0n) is 12.3. The third kappa shape index (κ3) is 3.42. The molecule has 0 saturated carbocycles. The van der Waals surface area contributed by atoms with Crippen LogP contribution in [-0.2, 0) is 16.4 Å². The Labute approximate surface area is 146 Å². The first-order valence-corrected chi connectivity index (χ1v) is 9.52. The largest absolute Gasteiger partial charge is 0.421 e. The highest BCUT2D eigenvalue weighted by Gasteiger charge is 2.20. The van der Waals surface area contributed by atoms with Crippen LogP contribution < -0.4 is 4.72 Å². The van der Waals surface area contributed by atoms with E-state index in [2.05, 4.69) is 14.9 Å². The molecule has 0 fully saturated rings. The Hall–Kier alpha value is -1.97. The van der Waals surface area contributed by atoms with E-state index in [1.165, 1.54) is 12.1 Å². The van der Waals surface area contributed by atoms with Crippen LogP contribution in [-0.4, -0.2) is 18.6 Å². The molecule has 2 aromatic heterocycles. The zero-order chi connectivity index (χ0) is 17.3. The van der Waals surface area contributed by atoms with E-state index >= 15 is 0 Å². The second-order valence-electron chi connectivity index (χ2n) is 4.74. The molecule has 0 radical (unpaired) electrons. The summed E-state index contributed by atoms with van der Waals surface area (Å²) < 4.78 is 45.7. The van der Waals surface area contributed by atoms with Crippen molar-refractivity contribution in [2.24, 2.45) is 0 Å². The molecule has 1 N–H and O–H groups in total. The van der Waals surface area contributed by atoms with Gasteiger partial charge in [-0.2, -0.15) is 0 Å². The van der Waals surface area contributed by atoms with Gasteiger partial charge in [-0.3, -0.25) is 4.72 Å². The maximum atomic E-state index is 13.0. The van der Waals surface area contributed by atoms with Gasteiger partial charge in [0, 0.05) is 11.8 Å². The molecule has 10 heteroatoms. The highest BCUT2D eigenvalue weighted by molar-refractivity contribution is 7.94. The van der Waals surface area contributed by atoms with Gasteiger partial charge in [0.15, 0.2) is 0 Å². The minimum atomic E-state index is -3.86. The molecule has 126 valence electrons. The lowest BCUT2D eigenvalue weighted by atomic mass is 10.3. The first-order valence-electron chi connectivity index (χ1n) is 6.78. The third-order valence-corrected chi connectivity index (χ3v) is 6.15. The molecular formula is C14H11ClFN3O3S2. The number of aromatic nitrogens is 2. The molecule has 0 bridgehead atoms. The van der Waals surface area contributed by atoms with Crippen LogP contribution >= 0.6 is 22.9 Å². The summed E-state index contributed by atoms with van der Waals surface area (Å²) in [7, 11) is -3.86. The lowest BCUT2D eigenvalue weighted by molar-refractivity contribution is 0.513. The first kappa shape index (κ1) is 16.9. The number of hydrogen-bond donors (Lipinski definition) is 1. The second-order valence-corrected chi connectivity index (χ2v) is 7.97. The molecule has 0 aliphatic rings. The molecule has 0 unspecified atom stereocenters. The minimum Gasteiger partial charge on any atom is -0.421 e. The summed E-state index contributed by atoms with van der Waals surface area (Å²) in [5.74, 6) is 0.172. The number of hydrogen-bond acceptors (Lipinski definition) is 6. The summed E-state index contributed by atoms with van der Waals surface area (Å²) in [6.07, 6.45) is 0.590. The van der Waals surface area contributed by atoms with Crippen molar-refractivity contribution >= 4 is 38.6 Å². The molecule has 3 aromatic rings. The standard InChI is InChI=1S/C14H11ClFN3O3S2/c1-2-12-17-18-14(22-12)8-5-13(23-7-8)24(20,21)19-11-4-3-9(16)6-10(11)15/h3-7,19H,2H2,1H3. The molecule has 0 atom stereocenters. The Morgan fingerprint density at radius 1 is 1.33 bits per heavy atom. The van der Waals surface area contributed by atoms with E-state index in [4.69, 9.17) is 16.0 Å². The molecule has 0 spiro atoms. The van der Waals surface area contributed by atoms with Crippen molar-refractivity contribution < 1.29 is 17.2 Å². The molecule has 24 heavy (non-hydrogen) atoms. The number of nitrogens with one attached hydrogen (secondary N) is 1. The predicted molar refractivity (Wildman–Crippen MR) is 89.2 cm³/mol. The maximum absolute atomic E-state index is 13.0. The topological polar surface area (TPSA) is 85.1 Å². The average molecular weight is 388 g/mol. The van der Waals surface area contributed by atoms with Crippen LogP contribution in [0, 0.1) is 5.82 Å².